The van der Waals surface area contributed by atoms with E-state index >= 15 is 0 Å². The molecule has 0 aliphatic carbocycles. The summed E-state index contributed by atoms with van der Waals surface area (Å²) in [6.45, 7) is 7.69. The number of ether oxygens (including phenoxy) is 1. The van der Waals surface area contributed by atoms with Crippen molar-refractivity contribution in [1.29, 1.82) is 0 Å². The second kappa shape index (κ2) is 7.44. The fourth-order valence-electron chi connectivity index (χ4n) is 1.41. The van der Waals surface area contributed by atoms with Crippen LogP contribution in [0.5, 0.6) is 0 Å². The van der Waals surface area contributed by atoms with Crippen molar-refractivity contribution in [3.05, 3.63) is 5.82 Å². The number of rotatable bonds is 5. The van der Waals surface area contributed by atoms with Crippen molar-refractivity contribution in [2.24, 2.45) is 0 Å². The van der Waals surface area contributed by atoms with Crippen molar-refractivity contribution >= 4 is 23.8 Å². The van der Waals surface area contributed by atoms with Crippen LogP contribution >= 0.6 is 11.8 Å². The van der Waals surface area contributed by atoms with Gasteiger partial charge >= 0.3 is 12.0 Å². The molecule has 0 bridgehead atoms. The van der Waals surface area contributed by atoms with Gasteiger partial charge in [0.2, 0.25) is 0 Å². The van der Waals surface area contributed by atoms with Crippen LogP contribution in [0.15, 0.2) is 5.16 Å². The van der Waals surface area contributed by atoms with E-state index in [0.29, 0.717) is 17.6 Å². The van der Waals surface area contributed by atoms with Crippen molar-refractivity contribution in [2.45, 2.75) is 44.0 Å². The normalized spacial score (nSPS) is 12.3. The average molecular weight is 314 g/mol. The maximum atomic E-state index is 12.1. The Morgan fingerprint density at radius 1 is 1.33 bits per heavy atom. The first-order valence-electron chi connectivity index (χ1n) is 6.79. The van der Waals surface area contributed by atoms with E-state index in [9.17, 15) is 9.59 Å². The minimum absolute atomic E-state index is 0.0958. The molecule has 1 aromatic heterocycles. The summed E-state index contributed by atoms with van der Waals surface area (Å²) in [5, 5.41) is 4.18. The number of thioether (sulfide) groups is 1. The third kappa shape index (κ3) is 4.45. The molecule has 0 spiro atoms. The summed E-state index contributed by atoms with van der Waals surface area (Å²) in [6.07, 6.45) is 0. The minimum atomic E-state index is -0.456. The van der Waals surface area contributed by atoms with Gasteiger partial charge in [-0.25, -0.2) is 9.78 Å². The zero-order valence-corrected chi connectivity index (χ0v) is 14.1. The Bertz CT molecular complexity index is 514. The van der Waals surface area contributed by atoms with Crippen LogP contribution in [0.4, 0.5) is 4.79 Å². The molecule has 0 aromatic carbocycles. The molecule has 1 unspecified atom stereocenters. The van der Waals surface area contributed by atoms with Crippen LogP contribution in [0, 0.1) is 0 Å². The molecule has 1 amide bonds. The van der Waals surface area contributed by atoms with Crippen LogP contribution in [0.1, 0.15) is 39.4 Å². The molecule has 1 heterocycles. The molecular formula is C13H22N4O3S. The molecule has 0 radical (unpaired) electrons. The van der Waals surface area contributed by atoms with Gasteiger partial charge in [0, 0.05) is 20.0 Å². The van der Waals surface area contributed by atoms with E-state index in [0.717, 1.165) is 0 Å². The molecule has 0 aliphatic rings. The lowest BCUT2D eigenvalue weighted by molar-refractivity contribution is -0.142. The van der Waals surface area contributed by atoms with E-state index in [1.54, 1.807) is 27.9 Å². The summed E-state index contributed by atoms with van der Waals surface area (Å²) in [4.78, 5) is 29.6. The van der Waals surface area contributed by atoms with Crippen LogP contribution in [-0.2, 0) is 9.53 Å². The maximum absolute atomic E-state index is 12.1. The molecule has 21 heavy (non-hydrogen) atoms. The third-order valence-electron chi connectivity index (χ3n) is 2.57. The van der Waals surface area contributed by atoms with Gasteiger partial charge in [0.15, 0.2) is 11.0 Å². The minimum Gasteiger partial charge on any atom is -0.465 e. The van der Waals surface area contributed by atoms with Gasteiger partial charge in [-0.2, -0.15) is 4.68 Å². The monoisotopic (exact) mass is 314 g/mol. The Morgan fingerprint density at radius 3 is 2.43 bits per heavy atom. The predicted octanol–water partition coefficient (Wildman–Crippen LogP) is 1.97. The molecule has 8 heteroatoms. The Kier molecular flexibility index (Phi) is 6.19. The number of esters is 1. The number of amides is 1. The first kappa shape index (κ1) is 17.5. The van der Waals surface area contributed by atoms with Gasteiger partial charge in [0.25, 0.3) is 0 Å². The van der Waals surface area contributed by atoms with E-state index in [-0.39, 0.29) is 17.9 Å². The second-order valence-electron chi connectivity index (χ2n) is 5.01. The van der Waals surface area contributed by atoms with Crippen molar-refractivity contribution in [3.63, 3.8) is 0 Å². The molecule has 7 nitrogen and oxygen atoms in total. The van der Waals surface area contributed by atoms with Gasteiger partial charge in [-0.05, 0) is 13.8 Å². The Balaban J connectivity index is 3.04. The van der Waals surface area contributed by atoms with Crippen molar-refractivity contribution in [2.75, 3.05) is 20.7 Å². The van der Waals surface area contributed by atoms with E-state index < -0.39 is 5.25 Å². The number of hydrogen-bond acceptors (Lipinski definition) is 6. The standard InChI is InChI=1S/C13H22N4O3S/c1-7-20-11(18)9(4)21-12-14-10(8(2)3)15-17(12)13(19)16(5)6/h8-9H,7H2,1-6H3. The maximum Gasteiger partial charge on any atom is 0.346 e. The number of carbonyl (C=O) groups is 2. The molecule has 1 atom stereocenters. The highest BCUT2D eigenvalue weighted by Gasteiger charge is 2.24. The highest BCUT2D eigenvalue weighted by atomic mass is 32.2. The topological polar surface area (TPSA) is 77.3 Å². The molecule has 0 aliphatic heterocycles. The molecule has 118 valence electrons. The molecular weight excluding hydrogens is 292 g/mol. The van der Waals surface area contributed by atoms with Crippen LogP contribution in [0.3, 0.4) is 0 Å². The number of nitrogens with zero attached hydrogens (tertiary/aromatic N) is 4. The molecule has 0 saturated carbocycles. The molecule has 0 N–H and O–H groups in total. The summed E-state index contributed by atoms with van der Waals surface area (Å²) in [5.41, 5.74) is 0. The van der Waals surface area contributed by atoms with Gasteiger partial charge in [-0.1, -0.05) is 25.6 Å². The third-order valence-corrected chi connectivity index (χ3v) is 3.60. The summed E-state index contributed by atoms with van der Waals surface area (Å²) in [6, 6.07) is -0.298. The van der Waals surface area contributed by atoms with Crippen molar-refractivity contribution in [3.8, 4) is 0 Å². The van der Waals surface area contributed by atoms with Gasteiger partial charge in [0.05, 0.1) is 6.61 Å². The van der Waals surface area contributed by atoms with Gasteiger partial charge < -0.3 is 9.64 Å². The Labute approximate surface area is 129 Å². The lowest BCUT2D eigenvalue weighted by atomic mass is 10.2. The zero-order chi connectivity index (χ0) is 16.2. The molecule has 1 aromatic rings. The first-order chi connectivity index (χ1) is 9.77. The quantitative estimate of drug-likeness (QED) is 0.611. The van der Waals surface area contributed by atoms with Gasteiger partial charge in [0.1, 0.15) is 5.25 Å². The second-order valence-corrected chi connectivity index (χ2v) is 6.32. The van der Waals surface area contributed by atoms with E-state index in [1.807, 2.05) is 13.8 Å². The van der Waals surface area contributed by atoms with Crippen LogP contribution in [0.25, 0.3) is 0 Å². The van der Waals surface area contributed by atoms with Gasteiger partial charge in [-0.15, -0.1) is 5.10 Å². The predicted molar refractivity (Wildman–Crippen MR) is 80.5 cm³/mol. The highest BCUT2D eigenvalue weighted by molar-refractivity contribution is 8.00. The van der Waals surface area contributed by atoms with Crippen molar-refractivity contribution < 1.29 is 14.3 Å². The van der Waals surface area contributed by atoms with Crippen LogP contribution < -0.4 is 0 Å². The largest absolute Gasteiger partial charge is 0.465 e. The average Bonchev–Trinajstić information content (AvgIpc) is 2.81. The number of hydrogen-bond donors (Lipinski definition) is 0. The van der Waals surface area contributed by atoms with E-state index in [2.05, 4.69) is 10.1 Å². The number of aromatic nitrogens is 3. The fourth-order valence-corrected chi connectivity index (χ4v) is 2.26. The van der Waals surface area contributed by atoms with E-state index in [4.69, 9.17) is 4.74 Å². The summed E-state index contributed by atoms with van der Waals surface area (Å²) in [5.74, 6) is 0.336. The highest BCUT2D eigenvalue weighted by Crippen LogP contribution is 2.24. The zero-order valence-electron chi connectivity index (χ0n) is 13.3. The molecule has 1 rings (SSSR count). The Morgan fingerprint density at radius 2 is 1.95 bits per heavy atom. The van der Waals surface area contributed by atoms with Crippen LogP contribution in [-0.4, -0.2) is 57.6 Å². The summed E-state index contributed by atoms with van der Waals surface area (Å²) in [7, 11) is 3.28. The molecule has 0 saturated heterocycles. The summed E-state index contributed by atoms with van der Waals surface area (Å²) >= 11 is 1.17. The Hall–Kier alpha value is -1.57. The van der Waals surface area contributed by atoms with Gasteiger partial charge in [-0.3, -0.25) is 4.79 Å². The summed E-state index contributed by atoms with van der Waals surface area (Å²) < 4.78 is 6.20. The smallest absolute Gasteiger partial charge is 0.346 e. The SMILES string of the molecule is CCOC(=O)C(C)Sc1nc(C(C)C)nn1C(=O)N(C)C. The lowest BCUT2D eigenvalue weighted by Crippen LogP contribution is -2.29. The van der Waals surface area contributed by atoms with E-state index in [1.165, 1.54) is 21.3 Å². The first-order valence-corrected chi connectivity index (χ1v) is 7.67. The van der Waals surface area contributed by atoms with Crippen LogP contribution in [0.2, 0.25) is 0 Å². The molecule has 0 fully saturated rings. The lowest BCUT2D eigenvalue weighted by Gasteiger charge is -2.13. The number of carbonyl (C=O) groups excluding carboxylic acids is 2. The fraction of sp³-hybridized carbons (Fsp3) is 0.692. The van der Waals surface area contributed by atoms with Crippen molar-refractivity contribution in [1.82, 2.24) is 19.7 Å².